The van der Waals surface area contributed by atoms with Crippen molar-refractivity contribution in [2.75, 3.05) is 11.9 Å². The van der Waals surface area contributed by atoms with E-state index in [-0.39, 0.29) is 5.75 Å². The van der Waals surface area contributed by atoms with Crippen LogP contribution in [0.4, 0.5) is 5.69 Å². The number of benzene rings is 1. The molecule has 0 aromatic heterocycles. The van der Waals surface area contributed by atoms with Crippen molar-refractivity contribution in [1.82, 2.24) is 0 Å². The summed E-state index contributed by atoms with van der Waals surface area (Å²) in [4.78, 5) is 0. The lowest BCUT2D eigenvalue weighted by Crippen LogP contribution is -2.14. The molecule has 1 aromatic carbocycles. The van der Waals surface area contributed by atoms with Gasteiger partial charge in [0.25, 0.3) is 0 Å². The minimum absolute atomic E-state index is 0.114. The molecular weight excluding hydrogens is 224 g/mol. The predicted molar refractivity (Wildman–Crippen MR) is 66.6 cm³/mol. The van der Waals surface area contributed by atoms with Gasteiger partial charge in [-0.25, -0.2) is 13.6 Å². The predicted octanol–water partition coefficient (Wildman–Crippen LogP) is 1.54. The number of primary sulfonamides is 1. The van der Waals surface area contributed by atoms with Gasteiger partial charge in [0.2, 0.25) is 10.0 Å². The zero-order chi connectivity index (χ0) is 12.2. The van der Waals surface area contributed by atoms with Crippen LogP contribution in [0.25, 0.3) is 0 Å². The average molecular weight is 242 g/mol. The fourth-order valence-electron chi connectivity index (χ4n) is 1.27. The van der Waals surface area contributed by atoms with Crippen molar-refractivity contribution < 1.29 is 8.42 Å². The number of hydrogen-bond donors (Lipinski definition) is 2. The molecule has 0 heterocycles. The maximum absolute atomic E-state index is 10.9. The molecule has 0 radical (unpaired) electrons. The normalized spacial score (nSPS) is 11.8. The molecule has 0 amide bonds. The molecule has 0 unspecified atom stereocenters. The van der Waals surface area contributed by atoms with Gasteiger partial charge in [0.05, 0.1) is 5.75 Å². The number of anilines is 1. The molecule has 16 heavy (non-hydrogen) atoms. The Balaban J connectivity index is 2.61. The van der Waals surface area contributed by atoms with E-state index in [1.807, 2.05) is 12.1 Å². The van der Waals surface area contributed by atoms with E-state index in [2.05, 4.69) is 19.2 Å². The monoisotopic (exact) mass is 242 g/mol. The summed E-state index contributed by atoms with van der Waals surface area (Å²) >= 11 is 0. The van der Waals surface area contributed by atoms with Gasteiger partial charge in [-0.15, -0.1) is 0 Å². The molecule has 0 bridgehead atoms. The molecule has 0 aliphatic carbocycles. The van der Waals surface area contributed by atoms with Crippen molar-refractivity contribution in [3.8, 4) is 0 Å². The summed E-state index contributed by atoms with van der Waals surface area (Å²) < 4.78 is 21.7. The number of sulfonamides is 1. The van der Waals surface area contributed by atoms with Gasteiger partial charge in [-0.05, 0) is 23.6 Å². The summed E-state index contributed by atoms with van der Waals surface area (Å²) in [6.07, 6.45) is 0. The van der Waals surface area contributed by atoms with Crippen LogP contribution in [-0.2, 0) is 15.8 Å². The second kappa shape index (κ2) is 5.32. The van der Waals surface area contributed by atoms with Crippen molar-refractivity contribution in [3.63, 3.8) is 0 Å². The van der Waals surface area contributed by atoms with E-state index < -0.39 is 10.0 Å². The van der Waals surface area contributed by atoms with Gasteiger partial charge in [0.15, 0.2) is 0 Å². The van der Waals surface area contributed by atoms with Crippen molar-refractivity contribution in [2.24, 2.45) is 11.1 Å². The molecule has 90 valence electrons. The number of nitrogens with one attached hydrogen (secondary N) is 1. The first kappa shape index (κ1) is 13.0. The molecule has 4 nitrogen and oxygen atoms in total. The van der Waals surface area contributed by atoms with Gasteiger partial charge in [-0.3, -0.25) is 0 Å². The molecule has 0 atom stereocenters. The van der Waals surface area contributed by atoms with E-state index in [1.54, 1.807) is 12.1 Å². The van der Waals surface area contributed by atoms with Crippen LogP contribution in [0.1, 0.15) is 19.4 Å². The summed E-state index contributed by atoms with van der Waals surface area (Å²) in [6.45, 7) is 5.15. The Morgan fingerprint density at radius 1 is 1.25 bits per heavy atom. The average Bonchev–Trinajstić information content (AvgIpc) is 2.14. The Hall–Kier alpha value is -1.07. The van der Waals surface area contributed by atoms with Crippen LogP contribution in [-0.4, -0.2) is 15.0 Å². The molecule has 0 aliphatic rings. The lowest BCUT2D eigenvalue weighted by Gasteiger charge is -2.09. The molecule has 0 spiro atoms. The third-order valence-corrected chi connectivity index (χ3v) is 2.77. The van der Waals surface area contributed by atoms with Crippen molar-refractivity contribution in [1.29, 1.82) is 0 Å². The van der Waals surface area contributed by atoms with E-state index in [1.165, 1.54) is 0 Å². The Bertz CT molecular complexity index is 424. The van der Waals surface area contributed by atoms with Gasteiger partial charge in [-0.2, -0.15) is 0 Å². The Labute approximate surface area is 96.9 Å². The Morgan fingerprint density at radius 2 is 1.81 bits per heavy atom. The molecule has 1 rings (SSSR count). The number of rotatable bonds is 5. The molecule has 0 saturated carbocycles. The molecular formula is C11H18N2O2S. The van der Waals surface area contributed by atoms with Gasteiger partial charge < -0.3 is 5.32 Å². The lowest BCUT2D eigenvalue weighted by molar-refractivity contribution is 0.597. The van der Waals surface area contributed by atoms with Gasteiger partial charge >= 0.3 is 0 Å². The van der Waals surface area contributed by atoms with Crippen LogP contribution < -0.4 is 10.5 Å². The van der Waals surface area contributed by atoms with Gasteiger partial charge in [-0.1, -0.05) is 26.0 Å². The molecule has 0 fully saturated rings. The first-order valence-corrected chi connectivity index (χ1v) is 6.91. The second-order valence-corrected chi connectivity index (χ2v) is 5.89. The van der Waals surface area contributed by atoms with Crippen LogP contribution in [0.3, 0.4) is 0 Å². The van der Waals surface area contributed by atoms with Crippen LogP contribution >= 0.6 is 0 Å². The van der Waals surface area contributed by atoms with Crippen LogP contribution in [0.15, 0.2) is 24.3 Å². The van der Waals surface area contributed by atoms with Crippen LogP contribution in [0.5, 0.6) is 0 Å². The summed E-state index contributed by atoms with van der Waals surface area (Å²) in [6, 6.07) is 7.27. The fourth-order valence-corrected chi connectivity index (χ4v) is 1.93. The quantitative estimate of drug-likeness (QED) is 0.822. The lowest BCUT2D eigenvalue weighted by atomic mass is 10.2. The van der Waals surface area contributed by atoms with Crippen molar-refractivity contribution in [3.05, 3.63) is 29.8 Å². The van der Waals surface area contributed by atoms with E-state index in [4.69, 9.17) is 5.14 Å². The fraction of sp³-hybridized carbons (Fsp3) is 0.455. The SMILES string of the molecule is CC(C)CNc1ccc(CS(N)(=O)=O)cc1. The van der Waals surface area contributed by atoms with Gasteiger partial charge in [0.1, 0.15) is 0 Å². The van der Waals surface area contributed by atoms with Crippen molar-refractivity contribution in [2.45, 2.75) is 19.6 Å². The zero-order valence-corrected chi connectivity index (χ0v) is 10.4. The van der Waals surface area contributed by atoms with E-state index >= 15 is 0 Å². The summed E-state index contributed by atoms with van der Waals surface area (Å²) in [5.41, 5.74) is 1.70. The highest BCUT2D eigenvalue weighted by Gasteiger charge is 2.04. The van der Waals surface area contributed by atoms with Crippen LogP contribution in [0, 0.1) is 5.92 Å². The van der Waals surface area contributed by atoms with E-state index in [9.17, 15) is 8.42 Å². The molecule has 1 aromatic rings. The maximum Gasteiger partial charge on any atom is 0.213 e. The standard InChI is InChI=1S/C11H18N2O2S/c1-9(2)7-13-11-5-3-10(4-6-11)8-16(12,14)15/h3-6,9,13H,7-8H2,1-2H3,(H2,12,14,15). The van der Waals surface area contributed by atoms with Crippen molar-refractivity contribution >= 4 is 15.7 Å². The van der Waals surface area contributed by atoms with Gasteiger partial charge in [0, 0.05) is 12.2 Å². The zero-order valence-electron chi connectivity index (χ0n) is 9.60. The number of nitrogens with two attached hydrogens (primary N) is 1. The Kier molecular flexibility index (Phi) is 4.32. The third-order valence-electron chi connectivity index (χ3n) is 2.04. The van der Waals surface area contributed by atoms with E-state index in [0.29, 0.717) is 11.5 Å². The summed E-state index contributed by atoms with van der Waals surface area (Å²) in [5.74, 6) is 0.460. The third kappa shape index (κ3) is 5.14. The summed E-state index contributed by atoms with van der Waals surface area (Å²) in [7, 11) is -3.44. The first-order chi connectivity index (χ1) is 7.37. The Morgan fingerprint density at radius 3 is 2.25 bits per heavy atom. The highest BCUT2D eigenvalue weighted by Crippen LogP contribution is 2.11. The second-order valence-electron chi connectivity index (χ2n) is 4.28. The first-order valence-electron chi connectivity index (χ1n) is 5.20. The smallest absolute Gasteiger partial charge is 0.213 e. The highest BCUT2D eigenvalue weighted by atomic mass is 32.2. The highest BCUT2D eigenvalue weighted by molar-refractivity contribution is 7.88. The minimum Gasteiger partial charge on any atom is -0.385 e. The number of hydrogen-bond acceptors (Lipinski definition) is 3. The molecule has 0 saturated heterocycles. The van der Waals surface area contributed by atoms with E-state index in [0.717, 1.165) is 12.2 Å². The molecule has 3 N–H and O–H groups in total. The largest absolute Gasteiger partial charge is 0.385 e. The molecule has 5 heteroatoms. The molecule has 0 aliphatic heterocycles. The minimum atomic E-state index is -3.44. The maximum atomic E-state index is 10.9. The van der Waals surface area contributed by atoms with Crippen LogP contribution in [0.2, 0.25) is 0 Å². The topological polar surface area (TPSA) is 72.2 Å². The summed E-state index contributed by atoms with van der Waals surface area (Å²) in [5, 5.41) is 8.21.